The van der Waals surface area contributed by atoms with Gasteiger partial charge in [0, 0.05) is 33.2 Å². The van der Waals surface area contributed by atoms with Crippen molar-refractivity contribution in [2.24, 2.45) is 0 Å². The van der Waals surface area contributed by atoms with Crippen LogP contribution in [0.3, 0.4) is 0 Å². The van der Waals surface area contributed by atoms with E-state index in [1.165, 1.54) is 22.3 Å². The van der Waals surface area contributed by atoms with Crippen molar-refractivity contribution in [1.82, 2.24) is 19.5 Å². The van der Waals surface area contributed by atoms with E-state index in [1.54, 1.807) is 0 Å². The predicted molar refractivity (Wildman–Crippen MR) is 227 cm³/mol. The molecule has 10 aromatic rings. The minimum atomic E-state index is 0.628. The molecule has 0 fully saturated rings. The zero-order valence-electron chi connectivity index (χ0n) is 29.9. The van der Waals surface area contributed by atoms with Gasteiger partial charge in [-0.1, -0.05) is 164 Å². The molecule has 0 aliphatic rings. The maximum atomic E-state index is 5.22. The number of aromatic nitrogens is 4. The number of para-hydroxylation sites is 1. The van der Waals surface area contributed by atoms with Crippen LogP contribution < -0.4 is 0 Å². The first kappa shape index (κ1) is 32.2. The molecule has 0 aliphatic carbocycles. The van der Waals surface area contributed by atoms with E-state index < -0.39 is 0 Å². The van der Waals surface area contributed by atoms with E-state index >= 15 is 0 Å². The predicted octanol–water partition coefficient (Wildman–Crippen LogP) is 13.0. The Kier molecular flexibility index (Phi) is 8.12. The molecule has 8 aromatic carbocycles. The van der Waals surface area contributed by atoms with Gasteiger partial charge in [0.2, 0.25) is 0 Å². The summed E-state index contributed by atoms with van der Waals surface area (Å²) in [5, 5.41) is 2.23. The van der Waals surface area contributed by atoms with Crippen LogP contribution in [-0.4, -0.2) is 19.5 Å². The molecule has 0 saturated heterocycles. The fourth-order valence-electron chi connectivity index (χ4n) is 7.70. The van der Waals surface area contributed by atoms with Gasteiger partial charge in [0.05, 0.1) is 11.0 Å². The largest absolute Gasteiger partial charge is 0.309 e. The SMILES string of the molecule is c1ccc(-c2cc(-c3ccccc3)cc(-c3cccc4c3c3c(-c5nc(-c6ccccc6)nc(-c6ccccc6)n5)cccc3n4-c3ccccc3)c2)cc1. The van der Waals surface area contributed by atoms with Crippen LogP contribution >= 0.6 is 0 Å². The second kappa shape index (κ2) is 13.8. The lowest BCUT2D eigenvalue weighted by atomic mass is 9.91. The van der Waals surface area contributed by atoms with Gasteiger partial charge in [0.15, 0.2) is 17.5 Å². The molecule has 0 spiro atoms. The summed E-state index contributed by atoms with van der Waals surface area (Å²) in [5.41, 5.74) is 13.1. The minimum absolute atomic E-state index is 0.628. The highest BCUT2D eigenvalue weighted by Crippen LogP contribution is 2.44. The van der Waals surface area contributed by atoms with Crippen molar-refractivity contribution in [2.75, 3.05) is 0 Å². The van der Waals surface area contributed by atoms with Gasteiger partial charge in [-0.2, -0.15) is 0 Å². The van der Waals surface area contributed by atoms with Gasteiger partial charge < -0.3 is 4.57 Å². The fourth-order valence-corrected chi connectivity index (χ4v) is 7.70. The average Bonchev–Trinajstić information content (AvgIpc) is 3.62. The third-order valence-corrected chi connectivity index (χ3v) is 10.2. The quantitative estimate of drug-likeness (QED) is 0.166. The zero-order valence-corrected chi connectivity index (χ0v) is 29.9. The Labute approximate surface area is 319 Å². The second-order valence-corrected chi connectivity index (χ2v) is 13.6. The molecule has 0 radical (unpaired) electrons. The number of rotatable bonds is 7. The molecule has 0 amide bonds. The molecule has 0 bridgehead atoms. The maximum Gasteiger partial charge on any atom is 0.164 e. The van der Waals surface area contributed by atoms with E-state index in [4.69, 9.17) is 15.0 Å². The average molecular weight is 703 g/mol. The Morgan fingerprint density at radius 3 is 1.15 bits per heavy atom. The van der Waals surface area contributed by atoms with Gasteiger partial charge in [-0.15, -0.1) is 0 Å². The van der Waals surface area contributed by atoms with Crippen molar-refractivity contribution in [3.63, 3.8) is 0 Å². The fraction of sp³-hybridized carbons (Fsp3) is 0. The summed E-state index contributed by atoms with van der Waals surface area (Å²) in [5.74, 6) is 1.90. The maximum absolute atomic E-state index is 5.22. The smallest absolute Gasteiger partial charge is 0.164 e. The molecule has 0 unspecified atom stereocenters. The third kappa shape index (κ3) is 5.96. The number of nitrogens with zero attached hydrogens (tertiary/aromatic N) is 4. The van der Waals surface area contributed by atoms with Crippen LogP contribution in [0.15, 0.2) is 206 Å². The van der Waals surface area contributed by atoms with Crippen LogP contribution in [0.25, 0.3) is 95.0 Å². The molecule has 258 valence electrons. The molecule has 4 heteroatoms. The van der Waals surface area contributed by atoms with Gasteiger partial charge in [0.25, 0.3) is 0 Å². The van der Waals surface area contributed by atoms with Crippen LogP contribution in [0.4, 0.5) is 0 Å². The Hall–Kier alpha value is -7.43. The van der Waals surface area contributed by atoms with Crippen molar-refractivity contribution >= 4 is 21.8 Å². The highest BCUT2D eigenvalue weighted by molar-refractivity contribution is 6.20. The van der Waals surface area contributed by atoms with Crippen LogP contribution in [0.5, 0.6) is 0 Å². The van der Waals surface area contributed by atoms with Crippen LogP contribution in [0.2, 0.25) is 0 Å². The van der Waals surface area contributed by atoms with Crippen LogP contribution in [-0.2, 0) is 0 Å². The molecule has 0 aliphatic heterocycles. The Morgan fingerprint density at radius 1 is 0.273 bits per heavy atom. The van der Waals surface area contributed by atoms with Crippen molar-refractivity contribution in [2.45, 2.75) is 0 Å². The molecule has 10 rings (SSSR count). The Bertz CT molecular complexity index is 2640. The molecule has 0 N–H and O–H groups in total. The molecule has 2 heterocycles. The monoisotopic (exact) mass is 702 g/mol. The summed E-state index contributed by atoms with van der Waals surface area (Å²) in [6.07, 6.45) is 0. The summed E-state index contributed by atoms with van der Waals surface area (Å²) in [4.78, 5) is 15.4. The standard InChI is InChI=1S/C51H34N4/c1-6-18-35(19-7-1)39-32-40(36-20-8-2-9-21-36)34-41(33-39)43-28-16-30-45-47(43)48-44(29-17-31-46(48)55(45)42-26-14-5-15-27-42)51-53-49(37-22-10-3-11-23-37)52-50(54-51)38-24-12-4-13-25-38/h1-34H. The second-order valence-electron chi connectivity index (χ2n) is 13.6. The Morgan fingerprint density at radius 2 is 0.655 bits per heavy atom. The van der Waals surface area contributed by atoms with E-state index in [9.17, 15) is 0 Å². The van der Waals surface area contributed by atoms with E-state index in [-0.39, 0.29) is 0 Å². The molecular weight excluding hydrogens is 669 g/mol. The van der Waals surface area contributed by atoms with Crippen molar-refractivity contribution in [1.29, 1.82) is 0 Å². The first-order chi connectivity index (χ1) is 27.3. The zero-order chi connectivity index (χ0) is 36.6. The van der Waals surface area contributed by atoms with Gasteiger partial charge in [-0.3, -0.25) is 0 Å². The van der Waals surface area contributed by atoms with Crippen molar-refractivity contribution in [3.8, 4) is 73.2 Å². The number of fused-ring (bicyclic) bond motifs is 3. The van der Waals surface area contributed by atoms with E-state index in [0.29, 0.717) is 17.5 Å². The van der Waals surface area contributed by atoms with Crippen molar-refractivity contribution < 1.29 is 0 Å². The molecule has 0 saturated carbocycles. The Balaban J connectivity index is 1.30. The van der Waals surface area contributed by atoms with Gasteiger partial charge >= 0.3 is 0 Å². The first-order valence-corrected chi connectivity index (χ1v) is 18.5. The number of hydrogen-bond acceptors (Lipinski definition) is 3. The van der Waals surface area contributed by atoms with Gasteiger partial charge in [-0.05, 0) is 75.8 Å². The van der Waals surface area contributed by atoms with Crippen molar-refractivity contribution in [3.05, 3.63) is 206 Å². The van der Waals surface area contributed by atoms with E-state index in [0.717, 1.165) is 55.3 Å². The molecule has 2 aromatic heterocycles. The van der Waals surface area contributed by atoms with Crippen LogP contribution in [0.1, 0.15) is 0 Å². The summed E-state index contributed by atoms with van der Waals surface area (Å²) >= 11 is 0. The lowest BCUT2D eigenvalue weighted by Crippen LogP contribution is -2.00. The molecule has 4 nitrogen and oxygen atoms in total. The molecular formula is C51H34N4. The third-order valence-electron chi connectivity index (χ3n) is 10.2. The highest BCUT2D eigenvalue weighted by Gasteiger charge is 2.22. The lowest BCUT2D eigenvalue weighted by molar-refractivity contribution is 1.08. The number of benzene rings is 8. The summed E-state index contributed by atoms with van der Waals surface area (Å²) in [6.45, 7) is 0. The van der Waals surface area contributed by atoms with E-state index in [2.05, 4.69) is 174 Å². The summed E-state index contributed by atoms with van der Waals surface area (Å²) < 4.78 is 2.37. The van der Waals surface area contributed by atoms with Gasteiger partial charge in [-0.25, -0.2) is 15.0 Å². The lowest BCUT2D eigenvalue weighted by Gasteiger charge is -2.13. The topological polar surface area (TPSA) is 43.6 Å². The molecule has 0 atom stereocenters. The van der Waals surface area contributed by atoms with Gasteiger partial charge in [0.1, 0.15) is 0 Å². The normalized spacial score (nSPS) is 11.3. The minimum Gasteiger partial charge on any atom is -0.309 e. The highest BCUT2D eigenvalue weighted by atomic mass is 15.0. The summed E-state index contributed by atoms with van der Waals surface area (Å²) in [7, 11) is 0. The molecule has 55 heavy (non-hydrogen) atoms. The first-order valence-electron chi connectivity index (χ1n) is 18.5. The van der Waals surface area contributed by atoms with Crippen LogP contribution in [0, 0.1) is 0 Å². The van der Waals surface area contributed by atoms with E-state index in [1.807, 2.05) is 36.4 Å². The number of hydrogen-bond donors (Lipinski definition) is 0. The summed E-state index contributed by atoms with van der Waals surface area (Å²) in [6, 6.07) is 72.3.